The number of nitrogens with two attached hydrogens (primary N) is 1. The van der Waals surface area contributed by atoms with Gasteiger partial charge in [0.1, 0.15) is 0 Å². The van der Waals surface area contributed by atoms with Gasteiger partial charge < -0.3 is 10.6 Å². The molecule has 1 aliphatic heterocycles. The first-order valence-corrected chi connectivity index (χ1v) is 6.84. The minimum Gasteiger partial charge on any atom is -0.338 e. The smallest absolute Gasteiger partial charge is 0.224 e. The van der Waals surface area contributed by atoms with Crippen LogP contribution in [0.15, 0.2) is 18.3 Å². The van der Waals surface area contributed by atoms with E-state index < -0.39 is 0 Å². The highest BCUT2D eigenvalue weighted by molar-refractivity contribution is 5.77. The van der Waals surface area contributed by atoms with Gasteiger partial charge in [0, 0.05) is 43.9 Å². The molecular formula is C15H23N3O. The fourth-order valence-electron chi connectivity index (χ4n) is 2.20. The van der Waals surface area contributed by atoms with Gasteiger partial charge in [-0.3, -0.25) is 9.78 Å². The predicted molar refractivity (Wildman–Crippen MR) is 75.4 cm³/mol. The lowest BCUT2D eigenvalue weighted by molar-refractivity contribution is -0.133. The van der Waals surface area contributed by atoms with Gasteiger partial charge in [-0.15, -0.1) is 0 Å². The zero-order valence-corrected chi connectivity index (χ0v) is 12.0. The van der Waals surface area contributed by atoms with E-state index in [1.54, 1.807) is 0 Å². The molecular weight excluding hydrogens is 238 g/mol. The van der Waals surface area contributed by atoms with Crippen LogP contribution in [0, 0.1) is 5.41 Å². The summed E-state index contributed by atoms with van der Waals surface area (Å²) in [7, 11) is 0. The molecule has 19 heavy (non-hydrogen) atoms. The highest BCUT2D eigenvalue weighted by Gasteiger charge is 2.27. The Morgan fingerprint density at radius 1 is 1.53 bits per heavy atom. The van der Waals surface area contributed by atoms with E-state index in [1.165, 1.54) is 0 Å². The molecule has 0 saturated carbocycles. The summed E-state index contributed by atoms with van der Waals surface area (Å²) in [5, 5.41) is 0. The van der Waals surface area contributed by atoms with Crippen molar-refractivity contribution in [2.75, 3.05) is 6.54 Å². The second kappa shape index (κ2) is 5.29. The van der Waals surface area contributed by atoms with Gasteiger partial charge in [-0.1, -0.05) is 26.8 Å². The number of carbonyl (C=O) groups is 1. The zero-order chi connectivity index (χ0) is 14.0. The van der Waals surface area contributed by atoms with Crippen molar-refractivity contribution >= 4 is 5.91 Å². The molecule has 0 bridgehead atoms. The molecule has 0 fully saturated rings. The third kappa shape index (κ3) is 3.32. The summed E-state index contributed by atoms with van der Waals surface area (Å²) in [6, 6.07) is 3.87. The number of aromatic nitrogens is 1. The molecule has 2 N–H and O–H groups in total. The molecule has 1 unspecified atom stereocenters. The van der Waals surface area contributed by atoms with E-state index in [1.807, 2.05) is 23.2 Å². The average Bonchev–Trinajstić information content (AvgIpc) is 2.37. The molecule has 0 saturated heterocycles. The molecule has 1 aromatic rings. The highest BCUT2D eigenvalue weighted by Crippen LogP contribution is 2.22. The van der Waals surface area contributed by atoms with Gasteiger partial charge in [0.25, 0.3) is 0 Å². The monoisotopic (exact) mass is 261 g/mol. The van der Waals surface area contributed by atoms with Gasteiger partial charge in [0.2, 0.25) is 5.91 Å². The summed E-state index contributed by atoms with van der Waals surface area (Å²) >= 11 is 0. The van der Waals surface area contributed by atoms with Crippen LogP contribution in [0.5, 0.6) is 0 Å². The van der Waals surface area contributed by atoms with E-state index in [9.17, 15) is 4.79 Å². The number of nitrogens with zero attached hydrogens (tertiary/aromatic N) is 2. The Bertz CT molecular complexity index is 465. The summed E-state index contributed by atoms with van der Waals surface area (Å²) in [5.41, 5.74) is 8.33. The molecule has 0 spiro atoms. The van der Waals surface area contributed by atoms with Crippen molar-refractivity contribution in [3.05, 3.63) is 29.6 Å². The first kappa shape index (κ1) is 14.0. The predicted octanol–water partition coefficient (Wildman–Crippen LogP) is 1.73. The van der Waals surface area contributed by atoms with Crippen LogP contribution >= 0.6 is 0 Å². The van der Waals surface area contributed by atoms with Crippen LogP contribution < -0.4 is 5.73 Å². The first-order valence-electron chi connectivity index (χ1n) is 6.84. The summed E-state index contributed by atoms with van der Waals surface area (Å²) < 4.78 is 0. The van der Waals surface area contributed by atoms with Gasteiger partial charge in [-0.2, -0.15) is 0 Å². The second-order valence-corrected chi connectivity index (χ2v) is 6.35. The van der Waals surface area contributed by atoms with Crippen LogP contribution in [0.1, 0.15) is 38.4 Å². The van der Waals surface area contributed by atoms with Gasteiger partial charge >= 0.3 is 0 Å². The third-order valence-corrected chi connectivity index (χ3v) is 3.82. The van der Waals surface area contributed by atoms with Crippen LogP contribution in [-0.2, 0) is 17.8 Å². The number of hydrogen-bond donors (Lipinski definition) is 1. The fourth-order valence-corrected chi connectivity index (χ4v) is 2.20. The maximum atomic E-state index is 12.3. The molecule has 2 heterocycles. The highest BCUT2D eigenvalue weighted by atomic mass is 16.2. The quantitative estimate of drug-likeness (QED) is 0.882. The topological polar surface area (TPSA) is 59.2 Å². The van der Waals surface area contributed by atoms with Crippen molar-refractivity contribution in [2.24, 2.45) is 11.1 Å². The number of fused-ring (bicyclic) bond motifs is 1. The molecule has 0 aromatic carbocycles. The average molecular weight is 261 g/mol. The Labute approximate surface area is 115 Å². The Morgan fingerprint density at radius 2 is 2.26 bits per heavy atom. The molecule has 104 valence electrons. The molecule has 4 nitrogen and oxygen atoms in total. The van der Waals surface area contributed by atoms with Crippen LogP contribution in [-0.4, -0.2) is 28.4 Å². The van der Waals surface area contributed by atoms with Crippen LogP contribution in [0.3, 0.4) is 0 Å². The van der Waals surface area contributed by atoms with E-state index in [4.69, 9.17) is 5.73 Å². The molecule has 1 amide bonds. The summed E-state index contributed by atoms with van der Waals surface area (Å²) in [4.78, 5) is 18.5. The lowest BCUT2D eigenvalue weighted by Crippen LogP contribution is -2.43. The lowest BCUT2D eigenvalue weighted by Gasteiger charge is -2.32. The summed E-state index contributed by atoms with van der Waals surface area (Å²) in [6.07, 6.45) is 3.07. The van der Waals surface area contributed by atoms with Crippen LogP contribution in [0.2, 0.25) is 0 Å². The van der Waals surface area contributed by atoms with Gasteiger partial charge in [0.05, 0.1) is 0 Å². The van der Waals surface area contributed by atoms with Gasteiger partial charge in [0.15, 0.2) is 0 Å². The molecule has 1 aliphatic rings. The second-order valence-electron chi connectivity index (χ2n) is 6.35. The molecule has 1 atom stereocenters. The number of rotatable bonds is 2. The van der Waals surface area contributed by atoms with Crippen LogP contribution in [0.4, 0.5) is 0 Å². The largest absolute Gasteiger partial charge is 0.338 e. The SMILES string of the molecule is CC(C)(C)C(N)CC(=O)N1CCc2ncccc2C1. The molecule has 4 heteroatoms. The summed E-state index contributed by atoms with van der Waals surface area (Å²) in [5.74, 6) is 0.150. The molecule has 1 aromatic heterocycles. The van der Waals surface area contributed by atoms with Crippen molar-refractivity contribution in [1.29, 1.82) is 0 Å². The zero-order valence-electron chi connectivity index (χ0n) is 12.0. The fraction of sp³-hybridized carbons (Fsp3) is 0.600. The minimum absolute atomic E-state index is 0.0368. The number of pyridine rings is 1. The maximum Gasteiger partial charge on any atom is 0.224 e. The Hall–Kier alpha value is -1.42. The Kier molecular flexibility index (Phi) is 3.90. The van der Waals surface area contributed by atoms with E-state index in [2.05, 4.69) is 25.8 Å². The molecule has 0 aliphatic carbocycles. The molecule has 2 rings (SSSR count). The van der Waals surface area contributed by atoms with Crippen molar-refractivity contribution in [1.82, 2.24) is 9.88 Å². The van der Waals surface area contributed by atoms with Crippen LogP contribution in [0.25, 0.3) is 0 Å². The van der Waals surface area contributed by atoms with Gasteiger partial charge in [-0.25, -0.2) is 0 Å². The maximum absolute atomic E-state index is 12.3. The van der Waals surface area contributed by atoms with Crippen molar-refractivity contribution in [2.45, 2.75) is 46.2 Å². The van der Waals surface area contributed by atoms with Crippen molar-refractivity contribution in [3.63, 3.8) is 0 Å². The third-order valence-electron chi connectivity index (χ3n) is 3.82. The van der Waals surface area contributed by atoms with E-state index in [0.717, 1.165) is 24.2 Å². The van der Waals surface area contributed by atoms with Gasteiger partial charge in [-0.05, 0) is 17.0 Å². The van der Waals surface area contributed by atoms with E-state index in [-0.39, 0.29) is 17.4 Å². The van der Waals surface area contributed by atoms with E-state index in [0.29, 0.717) is 13.0 Å². The molecule has 0 radical (unpaired) electrons. The minimum atomic E-state index is -0.102. The number of amides is 1. The normalized spacial score (nSPS) is 16.9. The Morgan fingerprint density at radius 3 is 2.95 bits per heavy atom. The lowest BCUT2D eigenvalue weighted by atomic mass is 9.85. The summed E-state index contributed by atoms with van der Waals surface area (Å²) in [6.45, 7) is 7.62. The van der Waals surface area contributed by atoms with Crippen molar-refractivity contribution in [3.8, 4) is 0 Å². The Balaban J connectivity index is 1.99. The van der Waals surface area contributed by atoms with Crippen molar-refractivity contribution < 1.29 is 4.79 Å². The number of carbonyl (C=O) groups excluding carboxylic acids is 1. The number of hydrogen-bond acceptors (Lipinski definition) is 3. The first-order chi connectivity index (χ1) is 8.88. The standard InChI is InChI=1S/C15H23N3O/c1-15(2,3)13(16)9-14(19)18-8-6-12-11(10-18)5-4-7-17-12/h4-5,7,13H,6,8-10,16H2,1-3H3. The van der Waals surface area contributed by atoms with E-state index >= 15 is 0 Å².